The van der Waals surface area contributed by atoms with E-state index in [9.17, 15) is 19.6 Å². The first kappa shape index (κ1) is 27.2. The molecule has 0 saturated carbocycles. The van der Waals surface area contributed by atoms with Gasteiger partial charge in [-0.15, -0.1) is 0 Å². The van der Waals surface area contributed by atoms with Crippen molar-refractivity contribution in [1.29, 1.82) is 5.26 Å². The average molecular weight is 481 g/mol. The van der Waals surface area contributed by atoms with E-state index in [0.717, 1.165) is 16.9 Å². The predicted molar refractivity (Wildman–Crippen MR) is 132 cm³/mol. The second-order valence-electron chi connectivity index (χ2n) is 8.75. The Bertz CT molecular complexity index is 1050. The largest absolute Gasteiger partial charge is 0.497 e. The minimum atomic E-state index is -1.10. The number of ether oxygens (including phenoxy) is 2. The van der Waals surface area contributed by atoms with Crippen LogP contribution in [0.3, 0.4) is 0 Å². The van der Waals surface area contributed by atoms with E-state index in [1.54, 1.807) is 64.3 Å². The molecule has 2 aromatic rings. The average Bonchev–Trinajstić information content (AvgIpc) is 2.82. The van der Waals surface area contributed by atoms with Crippen molar-refractivity contribution in [2.75, 3.05) is 25.5 Å². The predicted octanol–water partition coefficient (Wildman–Crippen LogP) is 3.81. The van der Waals surface area contributed by atoms with Crippen LogP contribution in [-0.4, -0.2) is 48.6 Å². The lowest BCUT2D eigenvalue weighted by Crippen LogP contribution is -2.46. The number of rotatable bonds is 9. The van der Waals surface area contributed by atoms with Crippen LogP contribution < -0.4 is 15.4 Å². The number of hydrogen-bond acceptors (Lipinski definition) is 6. The molecule has 35 heavy (non-hydrogen) atoms. The lowest BCUT2D eigenvalue weighted by atomic mass is 10.0. The van der Waals surface area contributed by atoms with Gasteiger partial charge in [-0.2, -0.15) is 5.26 Å². The molecule has 2 rings (SSSR count). The molecule has 0 saturated heterocycles. The van der Waals surface area contributed by atoms with Crippen LogP contribution in [0.4, 0.5) is 10.5 Å². The summed E-state index contributed by atoms with van der Waals surface area (Å²) in [6.45, 7) is 6.33. The lowest BCUT2D eigenvalue weighted by Gasteiger charge is -2.30. The third-order valence-corrected chi connectivity index (χ3v) is 4.97. The number of nitriles is 1. The molecule has 186 valence electrons. The Balaban J connectivity index is 2.32. The zero-order valence-electron chi connectivity index (χ0n) is 20.8. The molecule has 0 aliphatic carbocycles. The van der Waals surface area contributed by atoms with Gasteiger partial charge in [0.05, 0.1) is 13.2 Å². The lowest BCUT2D eigenvalue weighted by molar-refractivity contribution is -0.137. The Kier molecular flexibility index (Phi) is 9.64. The standard InChI is InChI=1S/C26H32N4O5/c1-6-18-7-9-19(10-8-18)23(24(32)29-20-11-13-21(34-5)14-12-20)30(16-15-27)22(31)17-28-25(33)35-26(2,3)4/h7-14,23H,6,16-17H2,1-5H3,(H,28,33)(H,29,32). The van der Waals surface area contributed by atoms with E-state index in [4.69, 9.17) is 9.47 Å². The molecule has 9 nitrogen and oxygen atoms in total. The van der Waals surface area contributed by atoms with Crippen molar-refractivity contribution in [3.63, 3.8) is 0 Å². The van der Waals surface area contributed by atoms with Crippen LogP contribution in [0.2, 0.25) is 0 Å². The molecule has 3 amide bonds. The van der Waals surface area contributed by atoms with E-state index < -0.39 is 36.1 Å². The first-order valence-electron chi connectivity index (χ1n) is 11.2. The zero-order chi connectivity index (χ0) is 26.0. The van der Waals surface area contributed by atoms with Gasteiger partial charge in [-0.3, -0.25) is 9.59 Å². The van der Waals surface area contributed by atoms with E-state index in [1.807, 2.05) is 25.1 Å². The second kappa shape index (κ2) is 12.4. The van der Waals surface area contributed by atoms with Crippen molar-refractivity contribution in [3.8, 4) is 11.8 Å². The van der Waals surface area contributed by atoms with Crippen molar-refractivity contribution in [2.45, 2.75) is 45.8 Å². The van der Waals surface area contributed by atoms with E-state index >= 15 is 0 Å². The Morgan fingerprint density at radius 3 is 2.20 bits per heavy atom. The van der Waals surface area contributed by atoms with Gasteiger partial charge in [-0.05, 0) is 62.6 Å². The first-order chi connectivity index (χ1) is 16.6. The number of nitrogens with one attached hydrogen (secondary N) is 2. The van der Waals surface area contributed by atoms with Gasteiger partial charge >= 0.3 is 6.09 Å². The normalized spacial score (nSPS) is 11.5. The monoisotopic (exact) mass is 480 g/mol. The van der Waals surface area contributed by atoms with Crippen molar-refractivity contribution in [2.24, 2.45) is 0 Å². The molecular weight excluding hydrogens is 448 g/mol. The summed E-state index contributed by atoms with van der Waals surface area (Å²) in [7, 11) is 1.54. The molecule has 0 fully saturated rings. The van der Waals surface area contributed by atoms with Gasteiger partial charge in [0.25, 0.3) is 5.91 Å². The summed E-state index contributed by atoms with van der Waals surface area (Å²) in [5.74, 6) is -0.476. The van der Waals surface area contributed by atoms with Crippen LogP contribution in [-0.2, 0) is 20.7 Å². The van der Waals surface area contributed by atoms with Crippen molar-refractivity contribution >= 4 is 23.6 Å². The third-order valence-electron chi connectivity index (χ3n) is 4.97. The number of amides is 3. The SMILES string of the molecule is CCc1ccc(C(C(=O)Nc2ccc(OC)cc2)N(CC#N)C(=O)CNC(=O)OC(C)(C)C)cc1. The summed E-state index contributed by atoms with van der Waals surface area (Å²) < 4.78 is 10.3. The molecule has 0 aromatic heterocycles. The Labute approximate surface area is 206 Å². The van der Waals surface area contributed by atoms with Crippen LogP contribution in [0.15, 0.2) is 48.5 Å². The maximum Gasteiger partial charge on any atom is 0.408 e. The highest BCUT2D eigenvalue weighted by atomic mass is 16.6. The molecule has 0 aliphatic rings. The number of aryl methyl sites for hydroxylation is 1. The van der Waals surface area contributed by atoms with Crippen LogP contribution in [0.5, 0.6) is 5.75 Å². The fourth-order valence-electron chi connectivity index (χ4n) is 3.26. The van der Waals surface area contributed by atoms with Crippen LogP contribution in [0.1, 0.15) is 44.9 Å². The number of anilines is 1. The Morgan fingerprint density at radius 2 is 1.69 bits per heavy atom. The number of carbonyl (C=O) groups excluding carboxylic acids is 3. The molecule has 9 heteroatoms. The molecular formula is C26H32N4O5. The Hall–Kier alpha value is -4.06. The van der Waals surface area contributed by atoms with Crippen LogP contribution >= 0.6 is 0 Å². The maximum atomic E-state index is 13.4. The number of hydrogen-bond donors (Lipinski definition) is 2. The minimum absolute atomic E-state index is 0.356. The van der Waals surface area contributed by atoms with Gasteiger partial charge in [-0.25, -0.2) is 4.79 Å². The maximum absolute atomic E-state index is 13.4. The highest BCUT2D eigenvalue weighted by molar-refractivity contribution is 5.98. The number of carbonyl (C=O) groups is 3. The summed E-state index contributed by atoms with van der Waals surface area (Å²) in [4.78, 5) is 39.7. The van der Waals surface area contributed by atoms with Crippen molar-refractivity contribution in [3.05, 3.63) is 59.7 Å². The summed E-state index contributed by atoms with van der Waals surface area (Å²) in [6.07, 6.45) is 0.0400. The zero-order valence-corrected chi connectivity index (χ0v) is 20.8. The molecule has 2 aromatic carbocycles. The summed E-state index contributed by atoms with van der Waals surface area (Å²) in [5, 5.41) is 14.6. The number of nitrogens with zero attached hydrogens (tertiary/aromatic N) is 2. The number of benzene rings is 2. The van der Waals surface area contributed by atoms with Gasteiger partial charge in [-0.1, -0.05) is 31.2 Å². The fourth-order valence-corrected chi connectivity index (χ4v) is 3.26. The van der Waals surface area contributed by atoms with Crippen molar-refractivity contribution in [1.82, 2.24) is 10.2 Å². The molecule has 1 atom stereocenters. The van der Waals surface area contributed by atoms with E-state index in [0.29, 0.717) is 17.0 Å². The minimum Gasteiger partial charge on any atom is -0.497 e. The Morgan fingerprint density at radius 1 is 1.06 bits per heavy atom. The van der Waals surface area contributed by atoms with E-state index in [1.165, 1.54) is 0 Å². The van der Waals surface area contributed by atoms with Crippen molar-refractivity contribution < 1.29 is 23.9 Å². The number of alkyl carbamates (subject to hydrolysis) is 1. The molecule has 0 aliphatic heterocycles. The summed E-state index contributed by atoms with van der Waals surface area (Å²) in [5.41, 5.74) is 1.37. The molecule has 0 bridgehead atoms. The topological polar surface area (TPSA) is 121 Å². The van der Waals surface area contributed by atoms with Gasteiger partial charge in [0.2, 0.25) is 5.91 Å². The number of methoxy groups -OCH3 is 1. The molecule has 0 radical (unpaired) electrons. The first-order valence-corrected chi connectivity index (χ1v) is 11.2. The van der Waals surface area contributed by atoms with E-state index in [2.05, 4.69) is 10.6 Å². The fraction of sp³-hybridized carbons (Fsp3) is 0.385. The second-order valence-corrected chi connectivity index (χ2v) is 8.75. The smallest absolute Gasteiger partial charge is 0.408 e. The van der Waals surface area contributed by atoms with Crippen LogP contribution in [0, 0.1) is 11.3 Å². The molecule has 2 N–H and O–H groups in total. The summed E-state index contributed by atoms with van der Waals surface area (Å²) >= 11 is 0. The van der Waals surface area contributed by atoms with Gasteiger partial charge in [0, 0.05) is 5.69 Å². The highest BCUT2D eigenvalue weighted by Gasteiger charge is 2.32. The quantitative estimate of drug-likeness (QED) is 0.527. The van der Waals surface area contributed by atoms with Gasteiger partial charge in [0.1, 0.15) is 30.5 Å². The molecule has 0 spiro atoms. The highest BCUT2D eigenvalue weighted by Crippen LogP contribution is 2.25. The molecule has 1 unspecified atom stereocenters. The van der Waals surface area contributed by atoms with Gasteiger partial charge in [0.15, 0.2) is 0 Å². The van der Waals surface area contributed by atoms with E-state index in [-0.39, 0.29) is 6.54 Å². The summed E-state index contributed by atoms with van der Waals surface area (Å²) in [6, 6.07) is 14.9. The van der Waals surface area contributed by atoms with Crippen LogP contribution in [0.25, 0.3) is 0 Å². The van der Waals surface area contributed by atoms with Gasteiger partial charge < -0.3 is 25.0 Å². The third kappa shape index (κ3) is 8.34. The molecule has 0 heterocycles.